The number of hydrogen-bond donors (Lipinski definition) is 3. The first kappa shape index (κ1) is 20.8. The minimum absolute atomic E-state index is 0.00563. The number of hydrazone groups is 1. The highest BCUT2D eigenvalue weighted by Gasteiger charge is 2.13. The molecule has 0 saturated heterocycles. The maximum atomic E-state index is 12.0. The van der Waals surface area contributed by atoms with E-state index < -0.39 is 11.8 Å². The number of nitrogens with zero attached hydrogens (tertiary/aromatic N) is 1. The number of benzene rings is 2. The SMILES string of the molecule is CCc1ccc(NC(=O)C(=O)N/N=C(/C)CC(=O)Nc2cccc(C)c2)cc1. The van der Waals surface area contributed by atoms with Crippen molar-refractivity contribution in [2.24, 2.45) is 5.10 Å². The van der Waals surface area contributed by atoms with Crippen molar-refractivity contribution in [3.63, 3.8) is 0 Å². The van der Waals surface area contributed by atoms with Crippen molar-refractivity contribution in [3.8, 4) is 0 Å². The van der Waals surface area contributed by atoms with Gasteiger partial charge in [0.05, 0.1) is 6.42 Å². The van der Waals surface area contributed by atoms with Crippen molar-refractivity contribution in [2.75, 3.05) is 10.6 Å². The predicted octanol–water partition coefficient (Wildman–Crippen LogP) is 3.02. The molecule has 7 nitrogen and oxygen atoms in total. The first-order chi connectivity index (χ1) is 13.4. The number of carbonyl (C=O) groups excluding carboxylic acids is 3. The van der Waals surface area contributed by atoms with Crippen molar-refractivity contribution < 1.29 is 14.4 Å². The molecule has 0 atom stereocenters. The highest BCUT2D eigenvalue weighted by atomic mass is 16.2. The van der Waals surface area contributed by atoms with Gasteiger partial charge in [-0.3, -0.25) is 14.4 Å². The van der Waals surface area contributed by atoms with Gasteiger partial charge in [-0.15, -0.1) is 0 Å². The summed E-state index contributed by atoms with van der Waals surface area (Å²) in [6, 6.07) is 14.6. The zero-order valence-corrected chi connectivity index (χ0v) is 16.2. The standard InChI is InChI=1S/C21H24N4O3/c1-4-16-8-10-17(11-9-16)23-20(27)21(28)25-24-15(3)13-19(26)22-18-7-5-6-14(2)12-18/h5-12H,4,13H2,1-3H3,(H,22,26)(H,23,27)(H,25,28)/b24-15-. The van der Waals surface area contributed by atoms with E-state index in [-0.39, 0.29) is 12.3 Å². The molecule has 0 radical (unpaired) electrons. The van der Waals surface area contributed by atoms with E-state index in [0.29, 0.717) is 17.1 Å². The van der Waals surface area contributed by atoms with Gasteiger partial charge in [-0.25, -0.2) is 5.43 Å². The monoisotopic (exact) mass is 380 g/mol. The van der Waals surface area contributed by atoms with Gasteiger partial charge in [-0.05, 0) is 55.7 Å². The first-order valence-corrected chi connectivity index (χ1v) is 8.97. The van der Waals surface area contributed by atoms with Crippen LogP contribution in [-0.4, -0.2) is 23.4 Å². The largest absolute Gasteiger partial charge is 0.329 e. The van der Waals surface area contributed by atoms with Crippen LogP contribution < -0.4 is 16.1 Å². The predicted molar refractivity (Wildman–Crippen MR) is 110 cm³/mol. The van der Waals surface area contributed by atoms with Gasteiger partial charge in [0.2, 0.25) is 5.91 Å². The van der Waals surface area contributed by atoms with Gasteiger partial charge in [-0.2, -0.15) is 5.10 Å². The Morgan fingerprint density at radius 2 is 1.64 bits per heavy atom. The molecule has 2 rings (SSSR count). The molecule has 0 spiro atoms. The summed E-state index contributed by atoms with van der Waals surface area (Å²) >= 11 is 0. The molecular formula is C21H24N4O3. The number of carbonyl (C=O) groups is 3. The number of hydrogen-bond acceptors (Lipinski definition) is 4. The topological polar surface area (TPSA) is 99.7 Å². The normalized spacial score (nSPS) is 10.9. The van der Waals surface area contributed by atoms with E-state index >= 15 is 0 Å². The fourth-order valence-electron chi connectivity index (χ4n) is 2.41. The highest BCUT2D eigenvalue weighted by molar-refractivity contribution is 6.39. The van der Waals surface area contributed by atoms with E-state index in [1.165, 1.54) is 0 Å². The summed E-state index contributed by atoms with van der Waals surface area (Å²) in [6.07, 6.45) is 0.883. The van der Waals surface area contributed by atoms with Crippen molar-refractivity contribution in [1.82, 2.24) is 5.43 Å². The van der Waals surface area contributed by atoms with Gasteiger partial charge in [0.1, 0.15) is 0 Å². The Hall–Kier alpha value is -3.48. The average molecular weight is 380 g/mol. The minimum Gasteiger partial charge on any atom is -0.326 e. The van der Waals surface area contributed by atoms with Crippen molar-refractivity contribution in [2.45, 2.75) is 33.6 Å². The fraction of sp³-hybridized carbons (Fsp3) is 0.238. The molecule has 0 saturated carbocycles. The van der Waals surface area contributed by atoms with E-state index in [9.17, 15) is 14.4 Å². The molecular weight excluding hydrogens is 356 g/mol. The zero-order chi connectivity index (χ0) is 20.5. The van der Waals surface area contributed by atoms with Gasteiger partial charge in [0.25, 0.3) is 0 Å². The van der Waals surface area contributed by atoms with Crippen molar-refractivity contribution in [3.05, 3.63) is 59.7 Å². The molecule has 0 aliphatic carbocycles. The number of anilines is 2. The molecule has 0 aliphatic rings. The zero-order valence-electron chi connectivity index (χ0n) is 16.2. The van der Waals surface area contributed by atoms with Gasteiger partial charge >= 0.3 is 11.8 Å². The molecule has 2 aromatic carbocycles. The summed E-state index contributed by atoms with van der Waals surface area (Å²) in [4.78, 5) is 35.8. The lowest BCUT2D eigenvalue weighted by molar-refractivity contribution is -0.136. The summed E-state index contributed by atoms with van der Waals surface area (Å²) in [5.41, 5.74) is 5.91. The lowest BCUT2D eigenvalue weighted by atomic mass is 10.1. The molecule has 0 aromatic heterocycles. The van der Waals surface area contributed by atoms with Crippen molar-refractivity contribution >= 4 is 34.8 Å². The molecule has 3 amide bonds. The lowest BCUT2D eigenvalue weighted by Gasteiger charge is -2.07. The van der Waals surface area contributed by atoms with Crippen LogP contribution in [0.25, 0.3) is 0 Å². The van der Waals surface area contributed by atoms with Crippen LogP contribution in [0.4, 0.5) is 11.4 Å². The van der Waals surface area contributed by atoms with Crippen LogP contribution >= 0.6 is 0 Å². The highest BCUT2D eigenvalue weighted by Crippen LogP contribution is 2.10. The number of aryl methyl sites for hydroxylation is 2. The second-order valence-corrected chi connectivity index (χ2v) is 6.39. The summed E-state index contributed by atoms with van der Waals surface area (Å²) in [6.45, 7) is 5.56. The average Bonchev–Trinajstić information content (AvgIpc) is 2.66. The van der Waals surface area contributed by atoms with E-state index in [1.54, 1.807) is 25.1 Å². The maximum Gasteiger partial charge on any atom is 0.329 e. The third-order valence-corrected chi connectivity index (χ3v) is 3.89. The minimum atomic E-state index is -0.905. The Morgan fingerprint density at radius 3 is 2.29 bits per heavy atom. The molecule has 3 N–H and O–H groups in total. The second-order valence-electron chi connectivity index (χ2n) is 6.39. The third kappa shape index (κ3) is 6.68. The van der Waals surface area contributed by atoms with Crippen molar-refractivity contribution in [1.29, 1.82) is 0 Å². The second kappa shape index (κ2) is 10.0. The van der Waals surface area contributed by atoms with Crippen LogP contribution in [0.2, 0.25) is 0 Å². The fourth-order valence-corrected chi connectivity index (χ4v) is 2.41. The van der Waals surface area contributed by atoms with Gasteiger partial charge in [0, 0.05) is 17.1 Å². The summed E-state index contributed by atoms with van der Waals surface area (Å²) in [5.74, 6) is -2.00. The summed E-state index contributed by atoms with van der Waals surface area (Å²) in [7, 11) is 0. The van der Waals surface area contributed by atoms with Crippen LogP contribution in [0, 0.1) is 6.92 Å². The van der Waals surface area contributed by atoms with Crippen LogP contribution in [-0.2, 0) is 20.8 Å². The molecule has 0 unspecified atom stereocenters. The molecule has 2 aromatic rings. The Kier molecular flexibility index (Phi) is 7.45. The van der Waals surface area contributed by atoms with Crippen LogP contribution in [0.5, 0.6) is 0 Å². The Bertz CT molecular complexity index is 889. The number of rotatable bonds is 6. The maximum absolute atomic E-state index is 12.0. The van der Waals surface area contributed by atoms with E-state index in [4.69, 9.17) is 0 Å². The van der Waals surface area contributed by atoms with Crippen LogP contribution in [0.15, 0.2) is 53.6 Å². The Balaban J connectivity index is 1.82. The molecule has 0 bridgehead atoms. The van der Waals surface area contributed by atoms with E-state index in [0.717, 1.165) is 17.5 Å². The Labute approximate surface area is 164 Å². The lowest BCUT2D eigenvalue weighted by Crippen LogP contribution is -2.33. The van der Waals surface area contributed by atoms with E-state index in [1.807, 2.05) is 44.2 Å². The third-order valence-electron chi connectivity index (χ3n) is 3.89. The number of nitrogens with one attached hydrogen (secondary N) is 3. The molecule has 146 valence electrons. The smallest absolute Gasteiger partial charge is 0.326 e. The Morgan fingerprint density at radius 1 is 0.929 bits per heavy atom. The molecule has 0 heterocycles. The molecule has 0 fully saturated rings. The summed E-state index contributed by atoms with van der Waals surface area (Å²) in [5, 5.41) is 9.06. The van der Waals surface area contributed by atoms with Crippen LogP contribution in [0.1, 0.15) is 31.4 Å². The molecule has 7 heteroatoms. The molecule has 28 heavy (non-hydrogen) atoms. The first-order valence-electron chi connectivity index (χ1n) is 8.97. The van der Waals surface area contributed by atoms with Gasteiger partial charge in [-0.1, -0.05) is 31.2 Å². The molecule has 0 aliphatic heterocycles. The van der Waals surface area contributed by atoms with Gasteiger partial charge in [0.15, 0.2) is 0 Å². The van der Waals surface area contributed by atoms with E-state index in [2.05, 4.69) is 21.2 Å². The van der Waals surface area contributed by atoms with Gasteiger partial charge < -0.3 is 10.6 Å². The number of amides is 3. The quantitative estimate of drug-likeness (QED) is 0.408. The summed E-state index contributed by atoms with van der Waals surface area (Å²) < 4.78 is 0. The van der Waals surface area contributed by atoms with Crippen LogP contribution in [0.3, 0.4) is 0 Å².